The summed E-state index contributed by atoms with van der Waals surface area (Å²) < 4.78 is 5.10. The molecule has 1 aliphatic heterocycles. The molecule has 0 amide bonds. The molecule has 1 unspecified atom stereocenters. The number of phenolic OH excluding ortho intramolecular Hbond substituents is 1. The summed E-state index contributed by atoms with van der Waals surface area (Å²) in [5, 5.41) is 22.4. The van der Waals surface area contributed by atoms with Gasteiger partial charge < -0.3 is 15.2 Å². The number of hydrogen-bond donors (Lipinski definition) is 2. The maximum atomic E-state index is 10.1. The molecule has 4 heteroatoms. The molecule has 4 nitrogen and oxygen atoms in total. The van der Waals surface area contributed by atoms with E-state index in [9.17, 15) is 5.11 Å². The van der Waals surface area contributed by atoms with Crippen LogP contribution in [0.25, 0.3) is 0 Å². The van der Waals surface area contributed by atoms with Crippen molar-refractivity contribution in [2.24, 2.45) is 5.92 Å². The van der Waals surface area contributed by atoms with Crippen LogP contribution in [0.4, 0.5) is 0 Å². The molecule has 1 heterocycles. The van der Waals surface area contributed by atoms with Gasteiger partial charge in [0, 0.05) is 6.07 Å². The molecule has 18 heavy (non-hydrogen) atoms. The summed E-state index contributed by atoms with van der Waals surface area (Å²) in [6, 6.07) is 5.42. The summed E-state index contributed by atoms with van der Waals surface area (Å²) in [7, 11) is 1.50. The van der Waals surface area contributed by atoms with E-state index in [1.165, 1.54) is 13.5 Å². The smallest absolute Gasteiger partial charge is 0.162 e. The minimum atomic E-state index is 0.169. The first-order valence-electron chi connectivity index (χ1n) is 6.25. The Morgan fingerprint density at radius 3 is 3.00 bits per heavy atom. The molecule has 0 radical (unpaired) electrons. The maximum absolute atomic E-state index is 10.1. The van der Waals surface area contributed by atoms with Crippen molar-refractivity contribution in [2.45, 2.75) is 19.3 Å². The standard InChI is InChI=1S/C14H18N2O2/c1-18-13-7-11(8-15)6-12(14(13)17)5-10-3-2-4-16-9-10/h6-7,10,16-17H,2-5,9H2,1H3. The number of rotatable bonds is 3. The molecular weight excluding hydrogens is 228 g/mol. The quantitative estimate of drug-likeness (QED) is 0.853. The Balaban J connectivity index is 2.22. The van der Waals surface area contributed by atoms with E-state index in [2.05, 4.69) is 11.4 Å². The predicted octanol–water partition coefficient (Wildman–Crippen LogP) is 1.81. The number of ether oxygens (including phenoxy) is 1. The Morgan fingerprint density at radius 1 is 1.56 bits per heavy atom. The van der Waals surface area contributed by atoms with Crippen molar-refractivity contribution in [3.8, 4) is 17.6 Å². The molecule has 1 saturated heterocycles. The summed E-state index contributed by atoms with van der Waals surface area (Å²) in [6.07, 6.45) is 3.11. The molecule has 0 spiro atoms. The van der Waals surface area contributed by atoms with Gasteiger partial charge in [-0.3, -0.25) is 0 Å². The molecule has 2 rings (SSSR count). The van der Waals surface area contributed by atoms with Crippen LogP contribution < -0.4 is 10.1 Å². The number of benzene rings is 1. The molecule has 0 aliphatic carbocycles. The third kappa shape index (κ3) is 2.74. The van der Waals surface area contributed by atoms with Crippen LogP contribution in [-0.2, 0) is 6.42 Å². The molecular formula is C14H18N2O2. The highest BCUT2D eigenvalue weighted by Crippen LogP contribution is 2.33. The van der Waals surface area contributed by atoms with Gasteiger partial charge in [0.1, 0.15) is 0 Å². The average Bonchev–Trinajstić information content (AvgIpc) is 2.42. The van der Waals surface area contributed by atoms with E-state index in [0.29, 0.717) is 17.2 Å². The fraction of sp³-hybridized carbons (Fsp3) is 0.500. The van der Waals surface area contributed by atoms with Crippen molar-refractivity contribution in [3.63, 3.8) is 0 Å². The van der Waals surface area contributed by atoms with Crippen LogP contribution in [0.5, 0.6) is 11.5 Å². The summed E-state index contributed by atoms with van der Waals surface area (Å²) in [4.78, 5) is 0. The number of piperidine rings is 1. The SMILES string of the molecule is COc1cc(C#N)cc(CC2CCCNC2)c1O. The van der Waals surface area contributed by atoms with Crippen LogP contribution in [0, 0.1) is 17.2 Å². The minimum Gasteiger partial charge on any atom is -0.504 e. The van der Waals surface area contributed by atoms with Crippen molar-refractivity contribution < 1.29 is 9.84 Å². The molecule has 0 bridgehead atoms. The lowest BCUT2D eigenvalue weighted by atomic mass is 9.91. The van der Waals surface area contributed by atoms with Gasteiger partial charge in [-0.2, -0.15) is 5.26 Å². The van der Waals surface area contributed by atoms with Gasteiger partial charge in [-0.25, -0.2) is 0 Å². The van der Waals surface area contributed by atoms with Crippen molar-refractivity contribution >= 4 is 0 Å². The van der Waals surface area contributed by atoms with Crippen molar-refractivity contribution in [2.75, 3.05) is 20.2 Å². The number of aromatic hydroxyl groups is 1. The van der Waals surface area contributed by atoms with Gasteiger partial charge in [-0.05, 0) is 49.9 Å². The van der Waals surface area contributed by atoms with E-state index in [1.807, 2.05) is 0 Å². The van der Waals surface area contributed by atoms with Crippen LogP contribution in [0.1, 0.15) is 24.0 Å². The fourth-order valence-corrected chi connectivity index (χ4v) is 2.45. The largest absolute Gasteiger partial charge is 0.504 e. The first kappa shape index (κ1) is 12.7. The number of nitrogens with one attached hydrogen (secondary N) is 1. The van der Waals surface area contributed by atoms with E-state index < -0.39 is 0 Å². The third-order valence-corrected chi connectivity index (χ3v) is 3.41. The van der Waals surface area contributed by atoms with Crippen LogP contribution in [-0.4, -0.2) is 25.3 Å². The number of nitrogens with zero attached hydrogens (tertiary/aromatic N) is 1. The molecule has 0 aromatic heterocycles. The maximum Gasteiger partial charge on any atom is 0.162 e. The van der Waals surface area contributed by atoms with Crippen LogP contribution in [0.3, 0.4) is 0 Å². The molecule has 2 N–H and O–H groups in total. The normalized spacial score (nSPS) is 19.2. The van der Waals surface area contributed by atoms with Gasteiger partial charge in [0.25, 0.3) is 0 Å². The highest BCUT2D eigenvalue weighted by atomic mass is 16.5. The number of nitriles is 1. The van der Waals surface area contributed by atoms with E-state index in [1.54, 1.807) is 12.1 Å². The lowest BCUT2D eigenvalue weighted by Gasteiger charge is -2.23. The molecule has 1 aliphatic rings. The zero-order valence-electron chi connectivity index (χ0n) is 10.6. The summed E-state index contributed by atoms with van der Waals surface area (Å²) in [5.41, 5.74) is 1.34. The van der Waals surface area contributed by atoms with Gasteiger partial charge in [0.2, 0.25) is 0 Å². The molecule has 0 saturated carbocycles. The highest BCUT2D eigenvalue weighted by Gasteiger charge is 2.18. The van der Waals surface area contributed by atoms with Crippen molar-refractivity contribution in [1.82, 2.24) is 5.32 Å². The van der Waals surface area contributed by atoms with Crippen LogP contribution in [0.2, 0.25) is 0 Å². The summed E-state index contributed by atoms with van der Waals surface area (Å²) >= 11 is 0. The van der Waals surface area contributed by atoms with Gasteiger partial charge in [-0.15, -0.1) is 0 Å². The second-order valence-corrected chi connectivity index (χ2v) is 4.71. The fourth-order valence-electron chi connectivity index (χ4n) is 2.45. The van der Waals surface area contributed by atoms with Gasteiger partial charge in [0.15, 0.2) is 11.5 Å². The lowest BCUT2D eigenvalue weighted by Crippen LogP contribution is -2.30. The molecule has 1 aromatic rings. The Morgan fingerprint density at radius 2 is 2.39 bits per heavy atom. The zero-order valence-corrected chi connectivity index (χ0v) is 10.6. The van der Waals surface area contributed by atoms with Gasteiger partial charge in [0.05, 0.1) is 18.7 Å². The lowest BCUT2D eigenvalue weighted by molar-refractivity contribution is 0.354. The van der Waals surface area contributed by atoms with Gasteiger partial charge in [-0.1, -0.05) is 0 Å². The number of methoxy groups -OCH3 is 1. The Kier molecular flexibility index (Phi) is 4.06. The molecule has 1 fully saturated rings. The second kappa shape index (κ2) is 5.74. The number of phenols is 1. The summed E-state index contributed by atoms with van der Waals surface area (Å²) in [5.74, 6) is 1.07. The monoisotopic (exact) mass is 246 g/mol. The second-order valence-electron chi connectivity index (χ2n) is 4.71. The van der Waals surface area contributed by atoms with Crippen molar-refractivity contribution in [3.05, 3.63) is 23.3 Å². The predicted molar refractivity (Wildman–Crippen MR) is 68.7 cm³/mol. The van der Waals surface area contributed by atoms with E-state index in [-0.39, 0.29) is 5.75 Å². The molecule has 1 aromatic carbocycles. The summed E-state index contributed by atoms with van der Waals surface area (Å²) in [6.45, 7) is 2.04. The first-order chi connectivity index (χ1) is 8.74. The Bertz CT molecular complexity index is 460. The van der Waals surface area contributed by atoms with Gasteiger partial charge >= 0.3 is 0 Å². The first-order valence-corrected chi connectivity index (χ1v) is 6.25. The van der Waals surface area contributed by atoms with Crippen LogP contribution in [0.15, 0.2) is 12.1 Å². The van der Waals surface area contributed by atoms with E-state index >= 15 is 0 Å². The van der Waals surface area contributed by atoms with E-state index in [0.717, 1.165) is 31.5 Å². The number of hydrogen-bond acceptors (Lipinski definition) is 4. The minimum absolute atomic E-state index is 0.169. The van der Waals surface area contributed by atoms with E-state index in [4.69, 9.17) is 10.00 Å². The Hall–Kier alpha value is -1.73. The van der Waals surface area contributed by atoms with Crippen LogP contribution >= 0.6 is 0 Å². The molecule has 96 valence electrons. The average molecular weight is 246 g/mol. The third-order valence-electron chi connectivity index (χ3n) is 3.41. The zero-order chi connectivity index (χ0) is 13.0. The molecule has 1 atom stereocenters. The Labute approximate surface area is 107 Å². The van der Waals surface area contributed by atoms with Crippen molar-refractivity contribution in [1.29, 1.82) is 5.26 Å². The highest BCUT2D eigenvalue weighted by molar-refractivity contribution is 5.51. The topological polar surface area (TPSA) is 65.3 Å².